The standard InChI is InChI=1S/C16H23N3O6/c1-10-4-6-16(7-5-10)14(22)19(15(23)17-16)18-12(20)9-25-13(21)11-3-2-8-24-11/h10-11H,2-9H2,1H3,(H,17,23)(H,18,20)/t10?,11-,16?/m1/s1. The molecule has 0 radical (unpaired) electrons. The molecule has 0 aromatic carbocycles. The molecule has 3 aliphatic rings. The molecule has 4 amide bonds. The molecule has 0 unspecified atom stereocenters. The highest BCUT2D eigenvalue weighted by atomic mass is 16.6. The molecule has 0 aromatic heterocycles. The van der Waals surface area contributed by atoms with E-state index in [0.717, 1.165) is 19.3 Å². The Morgan fingerprint density at radius 3 is 2.68 bits per heavy atom. The number of rotatable bonds is 4. The van der Waals surface area contributed by atoms with Crippen LogP contribution in [0.15, 0.2) is 0 Å². The van der Waals surface area contributed by atoms with Crippen molar-refractivity contribution >= 4 is 23.8 Å². The molecule has 9 heteroatoms. The van der Waals surface area contributed by atoms with E-state index in [4.69, 9.17) is 9.47 Å². The second kappa shape index (κ2) is 6.99. The van der Waals surface area contributed by atoms with E-state index in [1.165, 1.54) is 0 Å². The lowest BCUT2D eigenvalue weighted by molar-refractivity contribution is -0.158. The number of amides is 4. The van der Waals surface area contributed by atoms with E-state index in [1.807, 2.05) is 0 Å². The number of hydrazine groups is 1. The second-order valence-corrected chi connectivity index (χ2v) is 6.98. The summed E-state index contributed by atoms with van der Waals surface area (Å²) in [5.74, 6) is -1.29. The van der Waals surface area contributed by atoms with Crippen LogP contribution >= 0.6 is 0 Å². The fourth-order valence-corrected chi connectivity index (χ4v) is 3.47. The Balaban J connectivity index is 1.51. The van der Waals surface area contributed by atoms with Gasteiger partial charge in [0, 0.05) is 6.61 Å². The maximum absolute atomic E-state index is 12.6. The quantitative estimate of drug-likeness (QED) is 0.553. The Kier molecular flexibility index (Phi) is 4.94. The monoisotopic (exact) mass is 353 g/mol. The zero-order valence-electron chi connectivity index (χ0n) is 14.2. The first-order valence-electron chi connectivity index (χ1n) is 8.66. The van der Waals surface area contributed by atoms with Gasteiger partial charge in [-0.3, -0.25) is 15.0 Å². The molecule has 2 aliphatic heterocycles. The molecule has 0 aromatic rings. The van der Waals surface area contributed by atoms with E-state index in [9.17, 15) is 19.2 Å². The first-order valence-corrected chi connectivity index (χ1v) is 8.66. The number of ether oxygens (including phenoxy) is 2. The van der Waals surface area contributed by atoms with Gasteiger partial charge >= 0.3 is 12.0 Å². The Morgan fingerprint density at radius 1 is 1.32 bits per heavy atom. The molecule has 25 heavy (non-hydrogen) atoms. The van der Waals surface area contributed by atoms with Crippen LogP contribution < -0.4 is 10.7 Å². The van der Waals surface area contributed by atoms with Crippen molar-refractivity contribution in [2.45, 2.75) is 57.1 Å². The summed E-state index contributed by atoms with van der Waals surface area (Å²) in [7, 11) is 0. The SMILES string of the molecule is CC1CCC2(CC1)NC(=O)N(NC(=O)COC(=O)[C@H]1CCCO1)C2=O. The van der Waals surface area contributed by atoms with Crippen LogP contribution in [0, 0.1) is 5.92 Å². The molecule has 9 nitrogen and oxygen atoms in total. The third-order valence-electron chi connectivity index (χ3n) is 5.06. The lowest BCUT2D eigenvalue weighted by Gasteiger charge is -2.33. The summed E-state index contributed by atoms with van der Waals surface area (Å²) in [4.78, 5) is 48.3. The minimum Gasteiger partial charge on any atom is -0.454 e. The van der Waals surface area contributed by atoms with Crippen LogP contribution in [0.5, 0.6) is 0 Å². The first-order chi connectivity index (χ1) is 11.9. The van der Waals surface area contributed by atoms with Crippen LogP contribution in [-0.4, -0.2) is 53.7 Å². The van der Waals surface area contributed by atoms with Crippen molar-refractivity contribution in [3.05, 3.63) is 0 Å². The van der Waals surface area contributed by atoms with Gasteiger partial charge in [-0.2, -0.15) is 5.01 Å². The van der Waals surface area contributed by atoms with Crippen molar-refractivity contribution in [2.24, 2.45) is 5.92 Å². The zero-order chi connectivity index (χ0) is 18.0. The van der Waals surface area contributed by atoms with Crippen LogP contribution in [0.1, 0.15) is 45.4 Å². The van der Waals surface area contributed by atoms with Gasteiger partial charge < -0.3 is 14.8 Å². The minimum atomic E-state index is -0.925. The van der Waals surface area contributed by atoms with Gasteiger partial charge in [-0.1, -0.05) is 6.92 Å². The van der Waals surface area contributed by atoms with Crippen LogP contribution in [0.4, 0.5) is 4.79 Å². The molecule has 1 atom stereocenters. The number of carbonyl (C=O) groups is 4. The minimum absolute atomic E-state index is 0.455. The van der Waals surface area contributed by atoms with Gasteiger partial charge in [0.1, 0.15) is 5.54 Å². The molecule has 0 bridgehead atoms. The molecule has 138 valence electrons. The van der Waals surface area contributed by atoms with Gasteiger partial charge in [-0.05, 0) is 44.4 Å². The Labute approximate surface area is 145 Å². The van der Waals surface area contributed by atoms with E-state index in [-0.39, 0.29) is 0 Å². The lowest BCUT2D eigenvalue weighted by atomic mass is 9.77. The summed E-state index contributed by atoms with van der Waals surface area (Å²) in [5.41, 5.74) is 1.30. The van der Waals surface area contributed by atoms with Crippen molar-refractivity contribution in [3.8, 4) is 0 Å². The topological polar surface area (TPSA) is 114 Å². The zero-order valence-corrected chi connectivity index (χ0v) is 14.2. The highest BCUT2D eigenvalue weighted by molar-refractivity contribution is 6.08. The summed E-state index contributed by atoms with van der Waals surface area (Å²) in [6, 6.07) is -0.654. The number of carbonyl (C=O) groups excluding carboxylic acids is 4. The van der Waals surface area contributed by atoms with Crippen molar-refractivity contribution in [1.82, 2.24) is 15.8 Å². The summed E-state index contributed by atoms with van der Waals surface area (Å²) in [6.07, 6.45) is 3.48. The molecule has 2 heterocycles. The first kappa shape index (κ1) is 17.7. The van der Waals surface area contributed by atoms with Crippen molar-refractivity contribution < 1.29 is 28.7 Å². The van der Waals surface area contributed by atoms with Crippen LogP contribution in [0.25, 0.3) is 0 Å². The Morgan fingerprint density at radius 2 is 2.04 bits per heavy atom. The number of esters is 1. The fraction of sp³-hybridized carbons (Fsp3) is 0.750. The van der Waals surface area contributed by atoms with E-state index in [1.54, 1.807) is 0 Å². The predicted molar refractivity (Wildman–Crippen MR) is 83.8 cm³/mol. The number of hydrogen-bond acceptors (Lipinski definition) is 6. The number of nitrogens with zero attached hydrogens (tertiary/aromatic N) is 1. The normalized spacial score (nSPS) is 32.0. The molecular formula is C16H23N3O6. The third-order valence-corrected chi connectivity index (χ3v) is 5.06. The molecule has 2 N–H and O–H groups in total. The van der Waals surface area contributed by atoms with E-state index >= 15 is 0 Å². The molecule has 3 fully saturated rings. The lowest BCUT2D eigenvalue weighted by Crippen LogP contribution is -2.52. The predicted octanol–water partition coefficient (Wildman–Crippen LogP) is 0.241. The van der Waals surface area contributed by atoms with Crippen LogP contribution in [0.2, 0.25) is 0 Å². The smallest absolute Gasteiger partial charge is 0.344 e. The van der Waals surface area contributed by atoms with E-state index < -0.39 is 42.1 Å². The maximum atomic E-state index is 12.6. The maximum Gasteiger partial charge on any atom is 0.344 e. The molecule has 2 saturated heterocycles. The summed E-state index contributed by atoms with van der Waals surface area (Å²) >= 11 is 0. The van der Waals surface area contributed by atoms with Gasteiger partial charge in [-0.25, -0.2) is 9.59 Å². The largest absolute Gasteiger partial charge is 0.454 e. The fourth-order valence-electron chi connectivity index (χ4n) is 3.47. The second-order valence-electron chi connectivity index (χ2n) is 6.98. The Bertz CT molecular complexity index is 578. The van der Waals surface area contributed by atoms with E-state index in [2.05, 4.69) is 17.7 Å². The van der Waals surface area contributed by atoms with Gasteiger partial charge in [0.15, 0.2) is 12.7 Å². The van der Waals surface area contributed by atoms with Gasteiger partial charge in [0.05, 0.1) is 0 Å². The van der Waals surface area contributed by atoms with Gasteiger partial charge in [0.2, 0.25) is 0 Å². The van der Waals surface area contributed by atoms with Gasteiger partial charge in [0.25, 0.3) is 11.8 Å². The van der Waals surface area contributed by atoms with Crippen LogP contribution in [0.3, 0.4) is 0 Å². The molecule has 3 rings (SSSR count). The molecule has 1 aliphatic carbocycles. The average molecular weight is 353 g/mol. The Hall–Kier alpha value is -2.16. The number of nitrogens with one attached hydrogen (secondary N) is 2. The van der Waals surface area contributed by atoms with Crippen molar-refractivity contribution in [3.63, 3.8) is 0 Å². The summed E-state index contributed by atoms with van der Waals surface area (Å²) in [6.45, 7) is 2.03. The molecule has 1 saturated carbocycles. The third kappa shape index (κ3) is 3.60. The highest BCUT2D eigenvalue weighted by Gasteiger charge is 2.52. The van der Waals surface area contributed by atoms with Crippen LogP contribution in [-0.2, 0) is 23.9 Å². The molecule has 1 spiro atoms. The summed E-state index contributed by atoms with van der Waals surface area (Å²) < 4.78 is 10.0. The number of imide groups is 1. The van der Waals surface area contributed by atoms with Crippen molar-refractivity contribution in [1.29, 1.82) is 0 Å². The highest BCUT2D eigenvalue weighted by Crippen LogP contribution is 2.35. The molecular weight excluding hydrogens is 330 g/mol. The number of urea groups is 1. The summed E-state index contributed by atoms with van der Waals surface area (Å²) in [5, 5.41) is 3.39. The van der Waals surface area contributed by atoms with E-state index in [0.29, 0.717) is 36.8 Å². The van der Waals surface area contributed by atoms with Gasteiger partial charge in [-0.15, -0.1) is 0 Å². The number of hydrogen-bond donors (Lipinski definition) is 2. The van der Waals surface area contributed by atoms with Crippen molar-refractivity contribution in [2.75, 3.05) is 13.2 Å². The average Bonchev–Trinajstić information content (AvgIpc) is 3.20.